The molecule has 2 heterocycles. The summed E-state index contributed by atoms with van der Waals surface area (Å²) < 4.78 is 39.9. The van der Waals surface area contributed by atoms with Crippen molar-refractivity contribution in [3.8, 4) is 0 Å². The number of aliphatic hydroxyl groups excluding tert-OH is 1. The van der Waals surface area contributed by atoms with E-state index in [4.69, 9.17) is 9.47 Å². The van der Waals surface area contributed by atoms with Crippen LogP contribution in [0.4, 0.5) is 18.4 Å². The van der Waals surface area contributed by atoms with E-state index in [-0.39, 0.29) is 38.8 Å². The second-order valence-corrected chi connectivity index (χ2v) is 18.9. The lowest BCUT2D eigenvalue weighted by atomic mass is 9.93. The minimum absolute atomic E-state index is 0.000136. The van der Waals surface area contributed by atoms with Crippen molar-refractivity contribution in [2.75, 3.05) is 19.9 Å². The zero-order valence-corrected chi connectivity index (χ0v) is 39.1. The standard InChI is InChI=1S/C38H41F2N3O4.C15H20N2O3/c1-38(2,3)47-37(46)43-26-42(25-29-17-11-6-12-18-29)36(45)34(43)35(44)33(21-30-19-31(39)22-32(40)20-30)41(23-27-13-7-4-8-14-27)24-28-15-9-5-10-16-28;1-15(2,3)20-14(19)17-10-13(18)16(11-17)9-12-7-5-4-6-8-12/h4-20,22,33-35,44H,21,23-26H2,1-3H3;4-8H,9-11H2,1-3H3/t33-,34+,35+;/m1./s1. The molecule has 0 bridgehead atoms. The van der Waals surface area contributed by atoms with E-state index in [0.717, 1.165) is 28.3 Å². The summed E-state index contributed by atoms with van der Waals surface area (Å²) in [7, 11) is 0. The van der Waals surface area contributed by atoms with Gasteiger partial charge < -0.3 is 24.4 Å². The predicted molar refractivity (Wildman–Crippen MR) is 251 cm³/mol. The summed E-state index contributed by atoms with van der Waals surface area (Å²) in [6.07, 6.45) is -2.64. The first-order valence-corrected chi connectivity index (χ1v) is 22.4. The van der Waals surface area contributed by atoms with Crippen molar-refractivity contribution < 1.29 is 42.5 Å². The largest absolute Gasteiger partial charge is 0.444 e. The van der Waals surface area contributed by atoms with E-state index in [1.165, 1.54) is 26.8 Å². The molecule has 14 heteroatoms. The van der Waals surface area contributed by atoms with Gasteiger partial charge in [-0.15, -0.1) is 0 Å². The summed E-state index contributed by atoms with van der Waals surface area (Å²) >= 11 is 0. The molecular formula is C53H61F2N5O7. The number of carbonyl (C=O) groups excluding carboxylic acids is 4. The first-order chi connectivity index (χ1) is 31.8. The molecule has 5 aromatic carbocycles. The summed E-state index contributed by atoms with van der Waals surface area (Å²) in [5.74, 6) is -1.98. The summed E-state index contributed by atoms with van der Waals surface area (Å²) in [5.41, 5.74) is 2.71. The first-order valence-electron chi connectivity index (χ1n) is 22.4. The van der Waals surface area contributed by atoms with Gasteiger partial charge in [0, 0.05) is 38.3 Å². The van der Waals surface area contributed by atoms with Gasteiger partial charge in [0.2, 0.25) is 11.8 Å². The maximum absolute atomic E-state index is 14.5. The third kappa shape index (κ3) is 14.7. The molecule has 1 N–H and O–H groups in total. The number of amides is 4. The van der Waals surface area contributed by atoms with Gasteiger partial charge in [0.1, 0.15) is 42.1 Å². The number of ether oxygens (including phenoxy) is 2. The van der Waals surface area contributed by atoms with Gasteiger partial charge in [-0.25, -0.2) is 18.4 Å². The number of nitrogens with zero attached hydrogens (tertiary/aromatic N) is 5. The lowest BCUT2D eigenvalue weighted by molar-refractivity contribution is -0.134. The van der Waals surface area contributed by atoms with Crippen LogP contribution in [-0.2, 0) is 51.7 Å². The van der Waals surface area contributed by atoms with E-state index in [1.54, 1.807) is 25.7 Å². The van der Waals surface area contributed by atoms with E-state index in [9.17, 15) is 33.1 Å². The van der Waals surface area contributed by atoms with Crippen molar-refractivity contribution in [3.05, 3.63) is 179 Å². The van der Waals surface area contributed by atoms with Crippen molar-refractivity contribution in [2.24, 2.45) is 0 Å². The van der Waals surface area contributed by atoms with Gasteiger partial charge in [0.05, 0.1) is 12.8 Å². The fourth-order valence-electron chi connectivity index (χ4n) is 7.98. The molecule has 0 unspecified atom stereocenters. The molecule has 0 spiro atoms. The molecule has 0 aliphatic carbocycles. The molecule has 12 nitrogen and oxygen atoms in total. The van der Waals surface area contributed by atoms with E-state index < -0.39 is 59.1 Å². The minimum Gasteiger partial charge on any atom is -0.444 e. The highest BCUT2D eigenvalue weighted by atomic mass is 19.1. The third-order valence-electron chi connectivity index (χ3n) is 11.0. The van der Waals surface area contributed by atoms with Crippen LogP contribution in [0.5, 0.6) is 0 Å². The molecular weight excluding hydrogens is 857 g/mol. The summed E-state index contributed by atoms with van der Waals surface area (Å²) in [6.45, 7) is 12.4. The van der Waals surface area contributed by atoms with Crippen LogP contribution in [0.25, 0.3) is 0 Å². The van der Waals surface area contributed by atoms with Gasteiger partial charge in [-0.3, -0.25) is 24.3 Å². The van der Waals surface area contributed by atoms with Crippen LogP contribution in [0.3, 0.4) is 0 Å². The van der Waals surface area contributed by atoms with Gasteiger partial charge in [0.15, 0.2) is 0 Å². The third-order valence-corrected chi connectivity index (χ3v) is 11.0. The number of rotatable bonds is 13. The Morgan fingerprint density at radius 1 is 0.627 bits per heavy atom. The average molecular weight is 918 g/mol. The highest BCUT2D eigenvalue weighted by molar-refractivity contribution is 5.89. The van der Waals surface area contributed by atoms with Crippen LogP contribution in [-0.4, -0.2) is 103 Å². The second-order valence-electron chi connectivity index (χ2n) is 18.9. The molecule has 0 saturated carbocycles. The van der Waals surface area contributed by atoms with E-state index >= 15 is 0 Å². The zero-order chi connectivity index (χ0) is 48.3. The van der Waals surface area contributed by atoms with E-state index in [0.29, 0.717) is 25.2 Å². The van der Waals surface area contributed by atoms with Crippen LogP contribution < -0.4 is 0 Å². The zero-order valence-electron chi connectivity index (χ0n) is 39.1. The van der Waals surface area contributed by atoms with Crippen molar-refractivity contribution in [2.45, 2.75) is 104 Å². The van der Waals surface area contributed by atoms with Gasteiger partial charge in [-0.1, -0.05) is 121 Å². The van der Waals surface area contributed by atoms with Gasteiger partial charge in [-0.2, -0.15) is 0 Å². The van der Waals surface area contributed by atoms with Crippen LogP contribution in [0.15, 0.2) is 140 Å². The molecule has 2 aliphatic rings. The number of halogens is 2. The Labute approximate surface area is 392 Å². The predicted octanol–water partition coefficient (Wildman–Crippen LogP) is 8.77. The number of benzene rings is 5. The fourth-order valence-corrected chi connectivity index (χ4v) is 7.98. The van der Waals surface area contributed by atoms with Gasteiger partial charge in [-0.05, 0) is 87.9 Å². The highest BCUT2D eigenvalue weighted by Gasteiger charge is 2.49. The lowest BCUT2D eigenvalue weighted by Gasteiger charge is -2.39. The summed E-state index contributed by atoms with van der Waals surface area (Å²) in [5, 5.41) is 12.4. The number of hydrogen-bond acceptors (Lipinski definition) is 8. The van der Waals surface area contributed by atoms with Crippen LogP contribution in [0.1, 0.15) is 69.4 Å². The normalized spacial score (nSPS) is 16.2. The highest BCUT2D eigenvalue weighted by Crippen LogP contribution is 2.29. The lowest BCUT2D eigenvalue weighted by Crippen LogP contribution is -2.56. The molecule has 67 heavy (non-hydrogen) atoms. The van der Waals surface area contributed by atoms with Crippen molar-refractivity contribution in [1.82, 2.24) is 24.5 Å². The smallest absolute Gasteiger partial charge is 0.412 e. The monoisotopic (exact) mass is 917 g/mol. The molecule has 354 valence electrons. The molecule has 0 aromatic heterocycles. The Kier molecular flexibility index (Phi) is 16.5. The van der Waals surface area contributed by atoms with E-state index in [1.807, 2.05) is 147 Å². The van der Waals surface area contributed by atoms with Crippen molar-refractivity contribution >= 4 is 24.0 Å². The minimum atomic E-state index is -1.46. The van der Waals surface area contributed by atoms with Crippen LogP contribution in [0.2, 0.25) is 0 Å². The maximum atomic E-state index is 14.5. The molecule has 4 amide bonds. The Bertz CT molecular complexity index is 2360. The summed E-state index contributed by atoms with van der Waals surface area (Å²) in [6, 6.07) is 39.5. The topological polar surface area (TPSA) is 123 Å². The van der Waals surface area contributed by atoms with Gasteiger partial charge in [0.25, 0.3) is 0 Å². The molecule has 2 saturated heterocycles. The fraction of sp³-hybridized carbons (Fsp3) is 0.358. The van der Waals surface area contributed by atoms with Crippen LogP contribution >= 0.6 is 0 Å². The average Bonchev–Trinajstić information content (AvgIpc) is 3.80. The molecule has 3 atom stereocenters. The van der Waals surface area contributed by atoms with Crippen molar-refractivity contribution in [1.29, 1.82) is 0 Å². The summed E-state index contributed by atoms with van der Waals surface area (Å²) in [4.78, 5) is 59.6. The number of carbonyl (C=O) groups is 4. The van der Waals surface area contributed by atoms with Crippen LogP contribution in [0, 0.1) is 11.6 Å². The second kappa shape index (κ2) is 22.2. The quantitative estimate of drug-likeness (QED) is 0.125. The molecule has 5 aromatic rings. The molecule has 0 radical (unpaired) electrons. The Hall–Kier alpha value is -6.64. The Morgan fingerprint density at radius 2 is 1.06 bits per heavy atom. The Morgan fingerprint density at radius 3 is 1.52 bits per heavy atom. The molecule has 7 rings (SSSR count). The first kappa shape index (κ1) is 49.8. The van der Waals surface area contributed by atoms with E-state index in [2.05, 4.69) is 0 Å². The Balaban J connectivity index is 0.000000308. The molecule has 2 fully saturated rings. The van der Waals surface area contributed by atoms with Crippen molar-refractivity contribution in [3.63, 3.8) is 0 Å². The number of aliphatic hydroxyl groups is 1. The maximum Gasteiger partial charge on any atom is 0.412 e. The van der Waals surface area contributed by atoms with Gasteiger partial charge >= 0.3 is 12.2 Å². The SMILES string of the molecule is CC(C)(C)OC(=O)N1CC(=O)N(Cc2ccccc2)C1.CC(C)(C)OC(=O)N1CN(Cc2ccccc2)C(=O)[C@@H]1[C@@H](O)[C@@H](Cc1cc(F)cc(F)c1)N(Cc1ccccc1)Cc1ccccc1. The molecule has 2 aliphatic heterocycles. The number of hydrogen-bond donors (Lipinski definition) is 1.